The summed E-state index contributed by atoms with van der Waals surface area (Å²) in [4.78, 5) is 28.2. The van der Waals surface area contributed by atoms with Gasteiger partial charge in [0.05, 0.1) is 25.8 Å². The third-order valence-electron chi connectivity index (χ3n) is 4.56. The molecule has 2 amide bonds. The van der Waals surface area contributed by atoms with Crippen LogP contribution >= 0.6 is 0 Å². The lowest BCUT2D eigenvalue weighted by Crippen LogP contribution is -2.48. The van der Waals surface area contributed by atoms with E-state index in [0.717, 1.165) is 11.3 Å². The van der Waals surface area contributed by atoms with Gasteiger partial charge in [-0.2, -0.15) is 0 Å². The van der Waals surface area contributed by atoms with E-state index in [2.05, 4.69) is 5.32 Å². The summed E-state index contributed by atoms with van der Waals surface area (Å²) < 4.78 is 5.25. The zero-order valence-electron chi connectivity index (χ0n) is 15.0. The van der Waals surface area contributed by atoms with Crippen LogP contribution in [0.3, 0.4) is 0 Å². The van der Waals surface area contributed by atoms with Gasteiger partial charge < -0.3 is 15.0 Å². The van der Waals surface area contributed by atoms with Gasteiger partial charge in [0.2, 0.25) is 11.8 Å². The van der Waals surface area contributed by atoms with E-state index in [9.17, 15) is 9.59 Å². The summed E-state index contributed by atoms with van der Waals surface area (Å²) in [6.45, 7) is 8.49. The Morgan fingerprint density at radius 1 is 1.25 bits per heavy atom. The minimum Gasteiger partial charge on any atom is -0.378 e. The molecule has 2 rings (SSSR count). The van der Waals surface area contributed by atoms with Gasteiger partial charge in [-0.1, -0.05) is 6.07 Å². The maximum absolute atomic E-state index is 12.4. The van der Waals surface area contributed by atoms with Crippen LogP contribution in [0.2, 0.25) is 0 Å². The van der Waals surface area contributed by atoms with Crippen LogP contribution < -0.4 is 5.32 Å². The highest BCUT2D eigenvalue weighted by molar-refractivity contribution is 5.95. The number of aryl methyl sites for hydroxylation is 2. The van der Waals surface area contributed by atoms with E-state index in [0.29, 0.717) is 26.3 Å². The number of amides is 2. The summed E-state index contributed by atoms with van der Waals surface area (Å²) in [5.74, 6) is -0.0813. The second-order valence-corrected chi connectivity index (χ2v) is 6.37. The van der Waals surface area contributed by atoms with Crippen molar-refractivity contribution in [3.63, 3.8) is 0 Å². The number of nitrogens with zero attached hydrogens (tertiary/aromatic N) is 2. The maximum Gasteiger partial charge on any atom is 0.241 e. The topological polar surface area (TPSA) is 61.9 Å². The van der Waals surface area contributed by atoms with Crippen molar-refractivity contribution in [2.45, 2.75) is 26.8 Å². The number of anilines is 1. The summed E-state index contributed by atoms with van der Waals surface area (Å²) in [6, 6.07) is 5.45. The molecule has 1 aromatic rings. The molecule has 0 radical (unpaired) electrons. The zero-order chi connectivity index (χ0) is 17.7. The first-order valence-corrected chi connectivity index (χ1v) is 8.32. The van der Waals surface area contributed by atoms with Crippen LogP contribution in [0.5, 0.6) is 0 Å². The van der Waals surface area contributed by atoms with E-state index in [-0.39, 0.29) is 18.4 Å². The number of carbonyl (C=O) groups is 2. The van der Waals surface area contributed by atoms with Gasteiger partial charge in [0.15, 0.2) is 0 Å². The molecule has 6 heteroatoms. The molecule has 0 aromatic heterocycles. The number of morpholine rings is 1. The van der Waals surface area contributed by atoms with Crippen molar-refractivity contribution >= 4 is 17.5 Å². The van der Waals surface area contributed by atoms with Gasteiger partial charge in [0.25, 0.3) is 0 Å². The molecule has 1 aliphatic rings. The Kier molecular flexibility index (Phi) is 6.34. The van der Waals surface area contributed by atoms with Crippen molar-refractivity contribution in [1.29, 1.82) is 0 Å². The van der Waals surface area contributed by atoms with Gasteiger partial charge in [0.1, 0.15) is 0 Å². The van der Waals surface area contributed by atoms with Crippen LogP contribution in [0.25, 0.3) is 0 Å². The summed E-state index contributed by atoms with van der Waals surface area (Å²) >= 11 is 0. The molecule has 1 fully saturated rings. The smallest absolute Gasteiger partial charge is 0.241 e. The number of rotatable bonds is 5. The number of hydrogen-bond acceptors (Lipinski definition) is 4. The molecule has 1 aromatic carbocycles. The van der Waals surface area contributed by atoms with Crippen LogP contribution in [0.15, 0.2) is 18.2 Å². The Hall–Kier alpha value is -1.92. The molecular weight excluding hydrogens is 306 g/mol. The van der Waals surface area contributed by atoms with Gasteiger partial charge in [-0.15, -0.1) is 0 Å². The van der Waals surface area contributed by atoms with E-state index in [1.54, 1.807) is 16.8 Å². The van der Waals surface area contributed by atoms with E-state index < -0.39 is 6.04 Å². The molecule has 0 spiro atoms. The quantitative estimate of drug-likeness (QED) is 0.885. The highest BCUT2D eigenvalue weighted by Gasteiger charge is 2.23. The van der Waals surface area contributed by atoms with E-state index in [4.69, 9.17) is 4.74 Å². The van der Waals surface area contributed by atoms with Crippen LogP contribution in [0.4, 0.5) is 5.69 Å². The molecule has 0 bridgehead atoms. The van der Waals surface area contributed by atoms with Crippen LogP contribution in [-0.4, -0.2) is 67.6 Å². The minimum atomic E-state index is -0.392. The van der Waals surface area contributed by atoms with E-state index in [1.165, 1.54) is 5.56 Å². The SMILES string of the molecule is Cc1ccc(NC(=O)C(C)N(C)CC(=O)N2CCOCC2)cc1C. The van der Waals surface area contributed by atoms with Gasteiger partial charge in [-0.3, -0.25) is 14.5 Å². The lowest BCUT2D eigenvalue weighted by Gasteiger charge is -2.30. The largest absolute Gasteiger partial charge is 0.378 e. The molecule has 1 saturated heterocycles. The molecule has 0 saturated carbocycles. The van der Waals surface area contributed by atoms with Crippen molar-refractivity contribution in [1.82, 2.24) is 9.80 Å². The van der Waals surface area contributed by atoms with Crippen molar-refractivity contribution in [3.8, 4) is 0 Å². The number of carbonyl (C=O) groups excluding carboxylic acids is 2. The number of nitrogens with one attached hydrogen (secondary N) is 1. The summed E-state index contributed by atoms with van der Waals surface area (Å²) in [7, 11) is 1.79. The fourth-order valence-electron chi connectivity index (χ4n) is 2.53. The standard InChI is InChI=1S/C18H27N3O3/c1-13-5-6-16(11-14(13)2)19-18(23)15(3)20(4)12-17(22)21-7-9-24-10-8-21/h5-6,11,15H,7-10,12H2,1-4H3,(H,19,23). The molecule has 1 aliphatic heterocycles. The van der Waals surface area contributed by atoms with Gasteiger partial charge >= 0.3 is 0 Å². The number of hydrogen-bond donors (Lipinski definition) is 1. The summed E-state index contributed by atoms with van der Waals surface area (Å²) in [5, 5.41) is 2.92. The van der Waals surface area contributed by atoms with Gasteiger partial charge in [0, 0.05) is 18.8 Å². The first-order valence-electron chi connectivity index (χ1n) is 8.32. The van der Waals surface area contributed by atoms with E-state index >= 15 is 0 Å². The third-order valence-corrected chi connectivity index (χ3v) is 4.56. The normalized spacial score (nSPS) is 16.1. The first kappa shape index (κ1) is 18.4. The van der Waals surface area contributed by atoms with Gasteiger partial charge in [-0.05, 0) is 51.1 Å². The number of likely N-dealkylation sites (N-methyl/N-ethyl adjacent to an activating group) is 1. The fourth-order valence-corrected chi connectivity index (χ4v) is 2.53. The van der Waals surface area contributed by atoms with Crippen LogP contribution in [-0.2, 0) is 14.3 Å². The second kappa shape index (κ2) is 8.26. The fraction of sp³-hybridized carbons (Fsp3) is 0.556. The predicted molar refractivity (Wildman–Crippen MR) is 94.0 cm³/mol. The highest BCUT2D eigenvalue weighted by atomic mass is 16.5. The summed E-state index contributed by atoms with van der Waals surface area (Å²) in [5.41, 5.74) is 3.11. The van der Waals surface area contributed by atoms with Crippen molar-refractivity contribution < 1.29 is 14.3 Å². The minimum absolute atomic E-state index is 0.0339. The highest BCUT2D eigenvalue weighted by Crippen LogP contribution is 2.15. The molecule has 24 heavy (non-hydrogen) atoms. The van der Waals surface area contributed by atoms with Crippen LogP contribution in [0.1, 0.15) is 18.1 Å². The molecular formula is C18H27N3O3. The monoisotopic (exact) mass is 333 g/mol. The zero-order valence-corrected chi connectivity index (χ0v) is 15.0. The lowest BCUT2D eigenvalue weighted by molar-refractivity contribution is -0.137. The lowest BCUT2D eigenvalue weighted by atomic mass is 10.1. The average molecular weight is 333 g/mol. The Balaban J connectivity index is 1.88. The Morgan fingerprint density at radius 3 is 2.54 bits per heavy atom. The Labute approximate surface area is 143 Å². The van der Waals surface area contributed by atoms with E-state index in [1.807, 2.05) is 39.0 Å². The van der Waals surface area contributed by atoms with Crippen molar-refractivity contribution in [2.24, 2.45) is 0 Å². The third kappa shape index (κ3) is 4.79. The summed E-state index contributed by atoms with van der Waals surface area (Å²) in [6.07, 6.45) is 0. The second-order valence-electron chi connectivity index (χ2n) is 6.37. The molecule has 1 heterocycles. The molecule has 1 unspecified atom stereocenters. The Bertz CT molecular complexity index is 597. The number of ether oxygens (including phenoxy) is 1. The molecule has 1 atom stereocenters. The first-order chi connectivity index (χ1) is 11.4. The molecule has 132 valence electrons. The molecule has 0 aliphatic carbocycles. The molecule has 6 nitrogen and oxygen atoms in total. The van der Waals surface area contributed by atoms with Crippen LogP contribution in [0, 0.1) is 13.8 Å². The number of benzene rings is 1. The predicted octanol–water partition coefficient (Wildman–Crippen LogP) is 1.42. The van der Waals surface area contributed by atoms with Crippen molar-refractivity contribution in [2.75, 3.05) is 45.2 Å². The molecule has 1 N–H and O–H groups in total. The van der Waals surface area contributed by atoms with Gasteiger partial charge in [-0.25, -0.2) is 0 Å². The average Bonchev–Trinajstić information content (AvgIpc) is 2.58. The Morgan fingerprint density at radius 2 is 1.92 bits per heavy atom. The van der Waals surface area contributed by atoms with Crippen molar-refractivity contribution in [3.05, 3.63) is 29.3 Å². The maximum atomic E-state index is 12.4.